The van der Waals surface area contributed by atoms with Crippen molar-refractivity contribution in [3.63, 3.8) is 0 Å². The Kier molecular flexibility index (Phi) is 2.55. The number of hydrogen-bond acceptors (Lipinski definition) is 4. The Labute approximate surface area is 100 Å². The Morgan fingerprint density at radius 1 is 1.47 bits per heavy atom. The number of fused-ring (bicyclic) bond motifs is 1. The molecule has 2 aliphatic rings. The molecule has 5 nitrogen and oxygen atoms in total. The van der Waals surface area contributed by atoms with Gasteiger partial charge in [0.2, 0.25) is 5.91 Å². The third-order valence-electron chi connectivity index (χ3n) is 3.59. The third kappa shape index (κ3) is 1.91. The van der Waals surface area contributed by atoms with Crippen LogP contribution >= 0.6 is 0 Å². The first-order valence-electron chi connectivity index (χ1n) is 6.04. The van der Waals surface area contributed by atoms with Gasteiger partial charge in [-0.05, 0) is 19.9 Å². The van der Waals surface area contributed by atoms with Crippen molar-refractivity contribution >= 4 is 5.91 Å². The van der Waals surface area contributed by atoms with E-state index in [1.807, 2.05) is 11.8 Å². The zero-order valence-electron chi connectivity index (χ0n) is 9.89. The molecule has 0 saturated carbocycles. The van der Waals surface area contributed by atoms with E-state index in [0.29, 0.717) is 25.0 Å². The van der Waals surface area contributed by atoms with Crippen LogP contribution in [0.1, 0.15) is 24.2 Å². The van der Waals surface area contributed by atoms with Crippen molar-refractivity contribution in [2.45, 2.75) is 38.4 Å². The number of rotatable bonds is 2. The Morgan fingerprint density at radius 3 is 3.12 bits per heavy atom. The van der Waals surface area contributed by atoms with Crippen molar-refractivity contribution in [3.05, 3.63) is 23.8 Å². The molecule has 1 N–H and O–H groups in total. The number of aryl methyl sites for hydroxylation is 1. The third-order valence-corrected chi connectivity index (χ3v) is 3.59. The second-order valence-electron chi connectivity index (χ2n) is 4.79. The van der Waals surface area contributed by atoms with Gasteiger partial charge in [-0.1, -0.05) is 0 Å². The van der Waals surface area contributed by atoms with Crippen molar-refractivity contribution < 1.29 is 4.79 Å². The smallest absolute Gasteiger partial charge is 0.224 e. The van der Waals surface area contributed by atoms with Crippen molar-refractivity contribution in [1.82, 2.24) is 20.2 Å². The van der Waals surface area contributed by atoms with Crippen LogP contribution in [0, 0.1) is 6.92 Å². The van der Waals surface area contributed by atoms with Gasteiger partial charge in [-0.25, -0.2) is 0 Å². The SMILES string of the molecule is Cc1cnc(CN2C(=O)C[C@H]3NCC[C@H]32)cn1. The summed E-state index contributed by atoms with van der Waals surface area (Å²) in [6.45, 7) is 3.52. The molecule has 0 radical (unpaired) electrons. The molecule has 2 saturated heterocycles. The summed E-state index contributed by atoms with van der Waals surface area (Å²) in [4.78, 5) is 22.4. The fourth-order valence-electron chi connectivity index (χ4n) is 2.71. The number of carbonyl (C=O) groups is 1. The lowest BCUT2D eigenvalue weighted by Crippen LogP contribution is -2.35. The van der Waals surface area contributed by atoms with E-state index in [-0.39, 0.29) is 5.91 Å². The summed E-state index contributed by atoms with van der Waals surface area (Å²) in [6, 6.07) is 0.700. The van der Waals surface area contributed by atoms with Gasteiger partial charge < -0.3 is 10.2 Å². The first-order chi connectivity index (χ1) is 8.24. The predicted molar refractivity (Wildman–Crippen MR) is 62.1 cm³/mol. The van der Waals surface area contributed by atoms with E-state index in [1.165, 1.54) is 0 Å². The van der Waals surface area contributed by atoms with Gasteiger partial charge in [0.15, 0.2) is 0 Å². The van der Waals surface area contributed by atoms with Crippen molar-refractivity contribution in [1.29, 1.82) is 0 Å². The first-order valence-corrected chi connectivity index (χ1v) is 6.04. The fraction of sp³-hybridized carbons (Fsp3) is 0.583. The number of nitrogens with zero attached hydrogens (tertiary/aromatic N) is 3. The number of carbonyl (C=O) groups excluding carboxylic acids is 1. The van der Waals surface area contributed by atoms with Gasteiger partial charge in [0, 0.05) is 24.7 Å². The molecule has 0 bridgehead atoms. The summed E-state index contributed by atoms with van der Waals surface area (Å²) < 4.78 is 0. The van der Waals surface area contributed by atoms with Crippen LogP contribution in [0.15, 0.2) is 12.4 Å². The lowest BCUT2D eigenvalue weighted by atomic mass is 10.1. The number of nitrogens with one attached hydrogen (secondary N) is 1. The number of hydrogen-bond donors (Lipinski definition) is 1. The number of likely N-dealkylation sites (tertiary alicyclic amines) is 1. The molecule has 3 heterocycles. The highest BCUT2D eigenvalue weighted by molar-refractivity contribution is 5.80. The largest absolute Gasteiger partial charge is 0.332 e. The standard InChI is InChI=1S/C12H16N4O/c1-8-5-15-9(6-14-8)7-16-11-2-3-13-10(11)4-12(16)17/h5-6,10-11,13H,2-4,7H2,1H3/t10-,11-/m1/s1. The van der Waals surface area contributed by atoms with Crippen LogP contribution in [0.2, 0.25) is 0 Å². The molecule has 1 aromatic heterocycles. The monoisotopic (exact) mass is 232 g/mol. The average Bonchev–Trinajstić information content (AvgIpc) is 2.85. The van der Waals surface area contributed by atoms with Crippen LogP contribution in [0.5, 0.6) is 0 Å². The highest BCUT2D eigenvalue weighted by Crippen LogP contribution is 2.27. The molecule has 1 aromatic rings. The zero-order chi connectivity index (χ0) is 11.8. The summed E-state index contributed by atoms with van der Waals surface area (Å²) in [5.41, 5.74) is 1.78. The van der Waals surface area contributed by atoms with E-state index in [1.54, 1.807) is 12.4 Å². The molecule has 2 atom stereocenters. The normalized spacial score (nSPS) is 27.6. The molecule has 0 aliphatic carbocycles. The Balaban J connectivity index is 1.76. The van der Waals surface area contributed by atoms with Crippen molar-refractivity contribution in [2.24, 2.45) is 0 Å². The summed E-state index contributed by atoms with van der Waals surface area (Å²) >= 11 is 0. The second-order valence-corrected chi connectivity index (χ2v) is 4.79. The van der Waals surface area contributed by atoms with Gasteiger partial charge in [0.05, 0.1) is 24.1 Å². The molecular weight excluding hydrogens is 216 g/mol. The fourth-order valence-corrected chi connectivity index (χ4v) is 2.71. The number of amides is 1. The molecule has 1 amide bonds. The van der Waals surface area contributed by atoms with E-state index in [0.717, 1.165) is 24.4 Å². The Morgan fingerprint density at radius 2 is 2.35 bits per heavy atom. The van der Waals surface area contributed by atoms with Crippen LogP contribution in [0.3, 0.4) is 0 Å². The van der Waals surface area contributed by atoms with E-state index >= 15 is 0 Å². The van der Waals surface area contributed by atoms with Crippen LogP contribution in [0.25, 0.3) is 0 Å². The van der Waals surface area contributed by atoms with E-state index in [2.05, 4.69) is 15.3 Å². The van der Waals surface area contributed by atoms with E-state index in [4.69, 9.17) is 0 Å². The summed E-state index contributed by atoms with van der Waals surface area (Å²) in [5, 5.41) is 3.38. The average molecular weight is 232 g/mol. The second kappa shape index (κ2) is 4.07. The van der Waals surface area contributed by atoms with Crippen LogP contribution in [0.4, 0.5) is 0 Å². The molecule has 2 aliphatic heterocycles. The quantitative estimate of drug-likeness (QED) is 0.794. The maximum Gasteiger partial charge on any atom is 0.224 e. The van der Waals surface area contributed by atoms with Gasteiger partial charge in [0.25, 0.3) is 0 Å². The lowest BCUT2D eigenvalue weighted by Gasteiger charge is -2.22. The van der Waals surface area contributed by atoms with E-state index < -0.39 is 0 Å². The highest BCUT2D eigenvalue weighted by Gasteiger charge is 2.42. The molecule has 3 rings (SSSR count). The van der Waals surface area contributed by atoms with Crippen LogP contribution in [-0.2, 0) is 11.3 Å². The van der Waals surface area contributed by atoms with Crippen LogP contribution < -0.4 is 5.32 Å². The van der Waals surface area contributed by atoms with Gasteiger partial charge >= 0.3 is 0 Å². The number of aromatic nitrogens is 2. The molecule has 17 heavy (non-hydrogen) atoms. The maximum absolute atomic E-state index is 11.9. The maximum atomic E-state index is 11.9. The van der Waals surface area contributed by atoms with E-state index in [9.17, 15) is 4.79 Å². The Hall–Kier alpha value is -1.49. The van der Waals surface area contributed by atoms with Crippen molar-refractivity contribution in [2.75, 3.05) is 6.54 Å². The minimum absolute atomic E-state index is 0.231. The Bertz CT molecular complexity index is 431. The van der Waals surface area contributed by atoms with Crippen LogP contribution in [-0.4, -0.2) is 39.4 Å². The molecule has 0 unspecified atom stereocenters. The molecule has 0 spiro atoms. The molecule has 90 valence electrons. The molecule has 5 heteroatoms. The lowest BCUT2D eigenvalue weighted by molar-refractivity contribution is -0.129. The zero-order valence-corrected chi connectivity index (χ0v) is 9.89. The topological polar surface area (TPSA) is 58.1 Å². The predicted octanol–water partition coefficient (Wildman–Crippen LogP) is 0.248. The minimum atomic E-state index is 0.231. The summed E-state index contributed by atoms with van der Waals surface area (Å²) in [7, 11) is 0. The molecule has 0 aromatic carbocycles. The van der Waals surface area contributed by atoms with Gasteiger partial charge in [-0.2, -0.15) is 0 Å². The summed E-state index contributed by atoms with van der Waals surface area (Å²) in [5.74, 6) is 0.231. The molecule has 2 fully saturated rings. The van der Waals surface area contributed by atoms with Gasteiger partial charge in [-0.3, -0.25) is 14.8 Å². The minimum Gasteiger partial charge on any atom is -0.332 e. The van der Waals surface area contributed by atoms with Gasteiger partial charge in [0.1, 0.15) is 0 Å². The first kappa shape index (κ1) is 10.7. The van der Waals surface area contributed by atoms with Gasteiger partial charge in [-0.15, -0.1) is 0 Å². The molecular formula is C12H16N4O. The summed E-state index contributed by atoms with van der Waals surface area (Å²) in [6.07, 6.45) is 5.19. The highest BCUT2D eigenvalue weighted by atomic mass is 16.2. The van der Waals surface area contributed by atoms with Crippen molar-refractivity contribution in [3.8, 4) is 0 Å².